The van der Waals surface area contributed by atoms with E-state index in [2.05, 4.69) is 47.6 Å². The van der Waals surface area contributed by atoms with Crippen molar-refractivity contribution in [1.29, 1.82) is 0 Å². The Labute approximate surface area is 277 Å². The molecule has 17 unspecified atom stereocenters. The lowest BCUT2D eigenvalue weighted by atomic mass is 9.44. The topological polar surface area (TPSA) is 136 Å². The van der Waals surface area contributed by atoms with Gasteiger partial charge in [-0.25, -0.2) is 0 Å². The number of aliphatic hydroxyl groups excluding tert-OH is 3. The summed E-state index contributed by atoms with van der Waals surface area (Å²) in [6.07, 6.45) is 3.70. The average Bonchev–Trinajstić information content (AvgIpc) is 3.81. The molecule has 9 rings (SSSR count). The Kier molecular flexibility index (Phi) is 6.37. The number of rotatable bonds is 3. The number of ether oxygens (including phenoxy) is 6. The number of allylic oxidation sites excluding steroid dienone is 2. The van der Waals surface area contributed by atoms with E-state index in [-0.39, 0.29) is 75.6 Å². The van der Waals surface area contributed by atoms with E-state index in [0.717, 1.165) is 44.9 Å². The van der Waals surface area contributed by atoms with Crippen LogP contribution in [0, 0.1) is 44.8 Å². The molecular weight excluding hydrogens is 604 g/mol. The molecule has 10 heteroatoms. The Morgan fingerprint density at radius 2 is 1.77 bits per heavy atom. The first-order valence-corrected chi connectivity index (χ1v) is 18.2. The fraction of sp³-hybridized carbons (Fsp3) is 0.919. The number of epoxide rings is 1. The van der Waals surface area contributed by atoms with Gasteiger partial charge in [-0.05, 0) is 74.0 Å². The van der Waals surface area contributed by atoms with Gasteiger partial charge in [0.2, 0.25) is 0 Å². The second-order valence-electron chi connectivity index (χ2n) is 18.5. The van der Waals surface area contributed by atoms with Gasteiger partial charge in [-0.2, -0.15) is 0 Å². The maximum Gasteiger partial charge on any atom is 0.302 e. The molecule has 0 amide bonds. The van der Waals surface area contributed by atoms with Crippen molar-refractivity contribution < 1.29 is 48.5 Å². The van der Waals surface area contributed by atoms with Crippen LogP contribution in [-0.4, -0.2) is 94.9 Å². The Morgan fingerprint density at radius 3 is 2.45 bits per heavy atom. The number of hydrogen-bond donors (Lipinski definition) is 3. The van der Waals surface area contributed by atoms with Gasteiger partial charge >= 0.3 is 5.97 Å². The molecule has 3 N–H and O–H groups in total. The third-order valence-corrected chi connectivity index (χ3v) is 16.0. The highest BCUT2D eigenvalue weighted by Crippen LogP contribution is 2.88. The first kappa shape index (κ1) is 31.8. The van der Waals surface area contributed by atoms with Crippen molar-refractivity contribution in [1.82, 2.24) is 0 Å². The van der Waals surface area contributed by atoms with Crippen LogP contribution in [0.3, 0.4) is 0 Å². The van der Waals surface area contributed by atoms with Crippen molar-refractivity contribution in [2.75, 3.05) is 13.2 Å². The molecule has 0 aromatic carbocycles. The summed E-state index contributed by atoms with van der Waals surface area (Å²) in [6.45, 7) is 15.9. The molecule has 4 saturated carbocycles. The van der Waals surface area contributed by atoms with Gasteiger partial charge in [0.15, 0.2) is 12.1 Å². The molecular formula is C37H54O10. The van der Waals surface area contributed by atoms with Crippen LogP contribution >= 0.6 is 0 Å². The minimum Gasteiger partial charge on any atom is -0.462 e. The van der Waals surface area contributed by atoms with Crippen LogP contribution in [0.15, 0.2) is 11.6 Å². The average molecular weight is 659 g/mol. The number of hydrogen-bond acceptors (Lipinski definition) is 10. The van der Waals surface area contributed by atoms with Gasteiger partial charge in [-0.3, -0.25) is 4.79 Å². The molecule has 4 saturated heterocycles. The van der Waals surface area contributed by atoms with Crippen LogP contribution in [0.5, 0.6) is 0 Å². The van der Waals surface area contributed by atoms with E-state index in [9.17, 15) is 20.1 Å². The molecule has 4 heterocycles. The van der Waals surface area contributed by atoms with Crippen LogP contribution in [-0.2, 0) is 33.2 Å². The molecule has 3 spiro atoms. The molecule has 10 nitrogen and oxygen atoms in total. The Balaban J connectivity index is 1.06. The number of carbonyl (C=O) groups excluding carboxylic acids is 1. The van der Waals surface area contributed by atoms with Crippen LogP contribution in [0.1, 0.15) is 93.4 Å². The molecule has 0 aromatic rings. The molecule has 0 aromatic heterocycles. The highest BCUT2D eigenvalue weighted by molar-refractivity contribution is 5.66. The fourth-order valence-electron chi connectivity index (χ4n) is 13.7. The summed E-state index contributed by atoms with van der Waals surface area (Å²) in [6, 6.07) is 0. The van der Waals surface area contributed by atoms with Gasteiger partial charge < -0.3 is 43.7 Å². The van der Waals surface area contributed by atoms with Crippen LogP contribution < -0.4 is 0 Å². The molecule has 47 heavy (non-hydrogen) atoms. The largest absolute Gasteiger partial charge is 0.462 e. The number of fused-ring (bicyclic) bond motifs is 6. The maximum atomic E-state index is 12.9. The number of aliphatic hydroxyl groups is 3. The van der Waals surface area contributed by atoms with Crippen molar-refractivity contribution in [2.24, 2.45) is 44.8 Å². The van der Waals surface area contributed by atoms with E-state index in [1.54, 1.807) is 12.5 Å². The summed E-state index contributed by atoms with van der Waals surface area (Å²) in [5.74, 6) is -0.0424. The molecule has 8 fully saturated rings. The lowest BCUT2D eigenvalue weighted by Crippen LogP contribution is -2.61. The Bertz CT molecular complexity index is 1410. The summed E-state index contributed by atoms with van der Waals surface area (Å²) >= 11 is 0. The first-order valence-electron chi connectivity index (χ1n) is 18.2. The standard InChI is InChI=1S/C37H54O10/c1-18-12-37(30-33(6,47-30)17-43-37)46-21-13-32(5)23-9-8-22-31(3,4)24(45-29-28(41)27(40)20(39)15-42-29)10-11-35(22)16-36(23,35)14-25(44-19(2)38)34(32,7)26(18)21/h9,18,20-22,24-30,39-41H,8,10-17H2,1-7H3. The highest BCUT2D eigenvalue weighted by Gasteiger charge is 2.85. The van der Waals surface area contributed by atoms with E-state index < -0.39 is 30.4 Å². The van der Waals surface area contributed by atoms with Gasteiger partial charge in [0.1, 0.15) is 36.1 Å². The van der Waals surface area contributed by atoms with Crippen LogP contribution in [0.4, 0.5) is 0 Å². The van der Waals surface area contributed by atoms with Crippen LogP contribution in [0.2, 0.25) is 0 Å². The lowest BCUT2D eigenvalue weighted by Gasteiger charge is -2.62. The fourth-order valence-corrected chi connectivity index (χ4v) is 13.7. The summed E-state index contributed by atoms with van der Waals surface area (Å²) in [5, 5.41) is 30.9. The zero-order valence-electron chi connectivity index (χ0n) is 29.0. The van der Waals surface area contributed by atoms with Gasteiger partial charge in [0.05, 0.1) is 25.4 Å². The second kappa shape index (κ2) is 9.40. The Hall–Kier alpha value is -1.11. The molecule has 9 aliphatic rings. The van der Waals surface area contributed by atoms with Crippen molar-refractivity contribution in [3.05, 3.63) is 11.6 Å². The van der Waals surface area contributed by atoms with E-state index in [0.29, 0.717) is 18.4 Å². The van der Waals surface area contributed by atoms with Gasteiger partial charge in [0, 0.05) is 29.6 Å². The quantitative estimate of drug-likeness (QED) is 0.234. The molecule has 17 atom stereocenters. The molecule has 4 aliphatic heterocycles. The maximum absolute atomic E-state index is 12.9. The van der Waals surface area contributed by atoms with E-state index in [4.69, 9.17) is 28.4 Å². The van der Waals surface area contributed by atoms with Crippen molar-refractivity contribution in [2.45, 2.75) is 154 Å². The third kappa shape index (κ3) is 3.73. The minimum absolute atomic E-state index is 0.0156. The SMILES string of the molecule is CC(=O)OC1CC23CC24CCC(OC2OCC(O)C(O)C2O)C(C)(C)C4CC=C3C2(C)CC3OC4(CC(C)C3C12C)OCC1(C)OC14. The normalized spacial score (nSPS) is 61.1. The number of carbonyl (C=O) groups is 1. The smallest absolute Gasteiger partial charge is 0.302 e. The lowest BCUT2D eigenvalue weighted by molar-refractivity contribution is -0.307. The highest BCUT2D eigenvalue weighted by atomic mass is 16.8. The minimum atomic E-state index is -1.31. The van der Waals surface area contributed by atoms with Crippen molar-refractivity contribution in [3.8, 4) is 0 Å². The molecule has 0 bridgehead atoms. The van der Waals surface area contributed by atoms with Crippen LogP contribution in [0.25, 0.3) is 0 Å². The van der Waals surface area contributed by atoms with Crippen molar-refractivity contribution in [3.63, 3.8) is 0 Å². The zero-order valence-corrected chi connectivity index (χ0v) is 29.0. The summed E-state index contributed by atoms with van der Waals surface area (Å²) in [4.78, 5) is 12.9. The first-order chi connectivity index (χ1) is 22.0. The van der Waals surface area contributed by atoms with E-state index in [1.165, 1.54) is 0 Å². The molecule has 0 radical (unpaired) electrons. The Morgan fingerprint density at radius 1 is 1.00 bits per heavy atom. The zero-order chi connectivity index (χ0) is 33.3. The summed E-state index contributed by atoms with van der Waals surface area (Å²) in [7, 11) is 0. The van der Waals surface area contributed by atoms with Gasteiger partial charge in [0.25, 0.3) is 0 Å². The predicted octanol–water partition coefficient (Wildman–Crippen LogP) is 3.63. The molecule has 5 aliphatic carbocycles. The number of esters is 1. The van der Waals surface area contributed by atoms with Gasteiger partial charge in [-0.15, -0.1) is 0 Å². The van der Waals surface area contributed by atoms with E-state index in [1.807, 2.05) is 0 Å². The monoisotopic (exact) mass is 658 g/mol. The van der Waals surface area contributed by atoms with Gasteiger partial charge in [-0.1, -0.05) is 46.3 Å². The summed E-state index contributed by atoms with van der Waals surface area (Å²) in [5.41, 5.74) is 0.598. The summed E-state index contributed by atoms with van der Waals surface area (Å²) < 4.78 is 38.3. The predicted molar refractivity (Wildman–Crippen MR) is 166 cm³/mol. The third-order valence-electron chi connectivity index (χ3n) is 16.0. The van der Waals surface area contributed by atoms with Crippen molar-refractivity contribution >= 4 is 5.97 Å². The second-order valence-corrected chi connectivity index (χ2v) is 18.5. The van der Waals surface area contributed by atoms with E-state index >= 15 is 0 Å². The molecule has 262 valence electrons.